The van der Waals surface area contributed by atoms with E-state index in [1.54, 1.807) is 37.3 Å². The number of carbonyl (C=O) groups excluding carboxylic acids is 2. The van der Waals surface area contributed by atoms with Crippen molar-refractivity contribution in [3.8, 4) is 0 Å². The zero-order valence-electron chi connectivity index (χ0n) is 13.2. The normalized spacial score (nSPS) is 10.9. The van der Waals surface area contributed by atoms with Crippen LogP contribution in [0.15, 0.2) is 77.0 Å². The van der Waals surface area contributed by atoms with Gasteiger partial charge >= 0.3 is 5.97 Å². The molecule has 0 aliphatic carbocycles. The van der Waals surface area contributed by atoms with Crippen molar-refractivity contribution in [1.82, 2.24) is 0 Å². The molecular weight excluding hydrogens is 306 g/mol. The van der Waals surface area contributed by atoms with Crippen LogP contribution in [0.2, 0.25) is 0 Å². The molecule has 0 bridgehead atoms. The van der Waals surface area contributed by atoms with E-state index in [0.29, 0.717) is 11.4 Å². The Morgan fingerprint density at radius 1 is 1.00 bits per heavy atom. The Bertz CT molecular complexity index is 738. The largest absolute Gasteiger partial charge is 0.452 e. The number of amides is 1. The first-order valence-electron chi connectivity index (χ1n) is 7.33. The number of azo groups is 1. The molecule has 122 valence electrons. The third-order valence-corrected chi connectivity index (χ3v) is 2.84. The first kappa shape index (κ1) is 17.1. The van der Waals surface area contributed by atoms with Crippen LogP contribution in [-0.2, 0) is 14.3 Å². The number of allylic oxidation sites excluding steroid dienone is 1. The highest BCUT2D eigenvalue weighted by molar-refractivity contribution is 5.93. The molecule has 2 rings (SSSR count). The molecule has 2 aromatic rings. The third kappa shape index (κ3) is 5.84. The van der Waals surface area contributed by atoms with Gasteiger partial charge in [0, 0.05) is 11.8 Å². The molecule has 0 aromatic heterocycles. The summed E-state index contributed by atoms with van der Waals surface area (Å²) in [5, 5.41) is 10.8. The van der Waals surface area contributed by atoms with Gasteiger partial charge in [-0.1, -0.05) is 24.3 Å². The summed E-state index contributed by atoms with van der Waals surface area (Å²) < 4.78 is 4.76. The van der Waals surface area contributed by atoms with E-state index < -0.39 is 11.9 Å². The van der Waals surface area contributed by atoms with Crippen LogP contribution >= 0.6 is 0 Å². The van der Waals surface area contributed by atoms with Crippen LogP contribution in [0, 0.1) is 0 Å². The molecule has 6 nitrogen and oxygen atoms in total. The lowest BCUT2D eigenvalue weighted by atomic mass is 10.3. The van der Waals surface area contributed by atoms with Crippen molar-refractivity contribution < 1.29 is 14.3 Å². The summed E-state index contributed by atoms with van der Waals surface area (Å²) in [6.45, 7) is 1.36. The molecule has 1 N–H and O–H groups in total. The number of nitrogens with zero attached hydrogens (tertiary/aromatic N) is 2. The van der Waals surface area contributed by atoms with Crippen LogP contribution in [0.1, 0.15) is 6.92 Å². The highest BCUT2D eigenvalue weighted by atomic mass is 16.5. The SMILES string of the molecule is CC=CC(=O)OCC(=O)Nc1ccc(N=Nc2ccccc2)cc1. The second-order valence-corrected chi connectivity index (χ2v) is 4.74. The number of ether oxygens (including phenoxy) is 1. The number of nitrogens with one attached hydrogen (secondary N) is 1. The predicted molar refractivity (Wildman–Crippen MR) is 91.5 cm³/mol. The van der Waals surface area contributed by atoms with Crippen LogP contribution in [0.25, 0.3) is 0 Å². The standard InChI is InChI=1S/C18H17N3O3/c1-2-6-18(23)24-13-17(22)19-14-9-11-16(12-10-14)21-20-15-7-4-3-5-8-15/h2-12H,13H2,1H3,(H,19,22). The summed E-state index contributed by atoms with van der Waals surface area (Å²) in [4.78, 5) is 22.8. The van der Waals surface area contributed by atoms with Gasteiger partial charge in [-0.2, -0.15) is 10.2 Å². The molecular formula is C18H17N3O3. The van der Waals surface area contributed by atoms with Gasteiger partial charge < -0.3 is 10.1 Å². The van der Waals surface area contributed by atoms with Gasteiger partial charge in [-0.05, 0) is 43.3 Å². The van der Waals surface area contributed by atoms with Crippen LogP contribution in [-0.4, -0.2) is 18.5 Å². The highest BCUT2D eigenvalue weighted by Crippen LogP contribution is 2.19. The second kappa shape index (κ2) is 8.99. The molecule has 6 heteroatoms. The average Bonchev–Trinajstić information content (AvgIpc) is 2.61. The topological polar surface area (TPSA) is 80.1 Å². The summed E-state index contributed by atoms with van der Waals surface area (Å²) in [6, 6.07) is 16.2. The average molecular weight is 323 g/mol. The molecule has 0 saturated carbocycles. The van der Waals surface area contributed by atoms with Gasteiger partial charge in [-0.15, -0.1) is 0 Å². The zero-order valence-corrected chi connectivity index (χ0v) is 13.2. The molecule has 0 fully saturated rings. The van der Waals surface area contributed by atoms with E-state index in [2.05, 4.69) is 15.5 Å². The molecule has 0 aliphatic heterocycles. The first-order valence-corrected chi connectivity index (χ1v) is 7.33. The molecule has 0 atom stereocenters. The fourth-order valence-electron chi connectivity index (χ4n) is 1.74. The maximum absolute atomic E-state index is 11.7. The number of anilines is 1. The van der Waals surface area contributed by atoms with E-state index in [1.165, 1.54) is 6.08 Å². The predicted octanol–water partition coefficient (Wildman–Crippen LogP) is 4.16. The molecule has 0 unspecified atom stereocenters. The van der Waals surface area contributed by atoms with Gasteiger partial charge in [0.15, 0.2) is 6.61 Å². The monoisotopic (exact) mass is 323 g/mol. The molecule has 0 aliphatic rings. The lowest BCUT2D eigenvalue weighted by Gasteiger charge is -2.05. The summed E-state index contributed by atoms with van der Waals surface area (Å²) >= 11 is 0. The highest BCUT2D eigenvalue weighted by Gasteiger charge is 2.05. The minimum atomic E-state index is -0.552. The van der Waals surface area contributed by atoms with Crippen molar-refractivity contribution in [1.29, 1.82) is 0 Å². The van der Waals surface area contributed by atoms with Crippen molar-refractivity contribution in [3.63, 3.8) is 0 Å². The quantitative estimate of drug-likeness (QED) is 0.492. The fraction of sp³-hybridized carbons (Fsp3) is 0.111. The molecule has 0 saturated heterocycles. The van der Waals surface area contributed by atoms with E-state index in [1.807, 2.05) is 30.3 Å². The van der Waals surface area contributed by atoms with Gasteiger partial charge in [0.05, 0.1) is 11.4 Å². The van der Waals surface area contributed by atoms with Crippen molar-refractivity contribution in [2.24, 2.45) is 10.2 Å². The van der Waals surface area contributed by atoms with E-state index in [-0.39, 0.29) is 6.61 Å². The second-order valence-electron chi connectivity index (χ2n) is 4.74. The minimum absolute atomic E-state index is 0.335. The Kier molecular flexibility index (Phi) is 6.40. The molecule has 24 heavy (non-hydrogen) atoms. The Hall–Kier alpha value is -3.28. The van der Waals surface area contributed by atoms with E-state index in [0.717, 1.165) is 5.69 Å². The molecule has 2 aromatic carbocycles. The van der Waals surface area contributed by atoms with Gasteiger partial charge in [-0.3, -0.25) is 4.79 Å². The van der Waals surface area contributed by atoms with Gasteiger partial charge in [0.2, 0.25) is 0 Å². The van der Waals surface area contributed by atoms with E-state index in [4.69, 9.17) is 4.74 Å². The van der Waals surface area contributed by atoms with Crippen molar-refractivity contribution in [2.45, 2.75) is 6.92 Å². The molecule has 0 heterocycles. The Balaban J connectivity index is 1.86. The van der Waals surface area contributed by atoms with Crippen LogP contribution in [0.3, 0.4) is 0 Å². The number of hydrogen-bond donors (Lipinski definition) is 1. The number of benzene rings is 2. The van der Waals surface area contributed by atoms with Gasteiger partial charge in [0.1, 0.15) is 0 Å². The van der Waals surface area contributed by atoms with Crippen molar-refractivity contribution in [2.75, 3.05) is 11.9 Å². The maximum atomic E-state index is 11.7. The Morgan fingerprint density at radius 2 is 1.62 bits per heavy atom. The smallest absolute Gasteiger partial charge is 0.330 e. The molecule has 0 spiro atoms. The summed E-state index contributed by atoms with van der Waals surface area (Å²) in [7, 11) is 0. The number of esters is 1. The molecule has 1 amide bonds. The van der Waals surface area contributed by atoms with Gasteiger partial charge in [0.25, 0.3) is 5.91 Å². The lowest BCUT2D eigenvalue weighted by molar-refractivity contribution is -0.142. The number of rotatable bonds is 6. The lowest BCUT2D eigenvalue weighted by Crippen LogP contribution is -2.20. The maximum Gasteiger partial charge on any atom is 0.330 e. The zero-order chi connectivity index (χ0) is 17.2. The molecule has 0 radical (unpaired) electrons. The number of hydrogen-bond acceptors (Lipinski definition) is 5. The van der Waals surface area contributed by atoms with Crippen LogP contribution in [0.4, 0.5) is 17.1 Å². The third-order valence-electron chi connectivity index (χ3n) is 2.84. The minimum Gasteiger partial charge on any atom is -0.452 e. The van der Waals surface area contributed by atoms with Gasteiger partial charge in [-0.25, -0.2) is 4.79 Å². The fourth-order valence-corrected chi connectivity index (χ4v) is 1.74. The Labute approximate surface area is 139 Å². The first-order chi connectivity index (χ1) is 11.7. The van der Waals surface area contributed by atoms with Crippen molar-refractivity contribution >= 4 is 28.9 Å². The van der Waals surface area contributed by atoms with E-state index in [9.17, 15) is 9.59 Å². The summed E-state index contributed by atoms with van der Waals surface area (Å²) in [5.41, 5.74) is 2.01. The Morgan fingerprint density at radius 3 is 2.25 bits per heavy atom. The number of carbonyl (C=O) groups is 2. The van der Waals surface area contributed by atoms with Crippen LogP contribution < -0.4 is 5.32 Å². The summed E-state index contributed by atoms with van der Waals surface area (Å²) in [6.07, 6.45) is 2.79. The summed E-state index contributed by atoms with van der Waals surface area (Å²) in [5.74, 6) is -0.962. The van der Waals surface area contributed by atoms with Crippen molar-refractivity contribution in [3.05, 3.63) is 66.7 Å². The van der Waals surface area contributed by atoms with Crippen LogP contribution in [0.5, 0.6) is 0 Å². The van der Waals surface area contributed by atoms with E-state index >= 15 is 0 Å².